The second-order valence-electron chi connectivity index (χ2n) is 6.94. The number of likely N-dealkylation sites (N-methyl/N-ethyl adjacent to an activating group) is 1. The number of unbranched alkanes of at least 4 members (excludes halogenated alkanes) is 1. The Morgan fingerprint density at radius 1 is 1.27 bits per heavy atom. The molecule has 0 unspecified atom stereocenters. The minimum Gasteiger partial charge on any atom is -0.471 e. The Morgan fingerprint density at radius 2 is 1.97 bits per heavy atom. The van der Waals surface area contributed by atoms with Crippen LogP contribution in [0.1, 0.15) is 35.7 Å². The number of nitrogens with zero attached hydrogens (tertiary/aromatic N) is 2. The van der Waals surface area contributed by atoms with Crippen LogP contribution in [0.5, 0.6) is 5.88 Å². The number of rotatable bonds is 13. The number of hydrogen-bond donors (Lipinski definition) is 4. The number of carbonyl (C=O) groups excluding carboxylic acids is 2. The van der Waals surface area contributed by atoms with Crippen LogP contribution in [-0.2, 0) is 6.61 Å². The van der Waals surface area contributed by atoms with Crippen LogP contribution in [0, 0.1) is 11.6 Å². The van der Waals surface area contributed by atoms with Crippen molar-refractivity contribution in [3.63, 3.8) is 0 Å². The van der Waals surface area contributed by atoms with E-state index in [1.165, 1.54) is 0 Å². The summed E-state index contributed by atoms with van der Waals surface area (Å²) in [5, 5.41) is 14.1. The summed E-state index contributed by atoms with van der Waals surface area (Å²) in [5.41, 5.74) is 4.78. The lowest BCUT2D eigenvalue weighted by atomic mass is 10.2. The molecule has 33 heavy (non-hydrogen) atoms. The second kappa shape index (κ2) is 13.2. The largest absolute Gasteiger partial charge is 0.471 e. The van der Waals surface area contributed by atoms with Crippen molar-refractivity contribution in [2.75, 3.05) is 38.1 Å². The molecule has 0 fully saturated rings. The monoisotopic (exact) mass is 505 g/mol. The van der Waals surface area contributed by atoms with Gasteiger partial charge in [-0.3, -0.25) is 10.1 Å². The van der Waals surface area contributed by atoms with Gasteiger partial charge in [0.15, 0.2) is 0 Å². The van der Waals surface area contributed by atoms with Crippen molar-refractivity contribution >= 4 is 40.1 Å². The molecule has 0 aliphatic rings. The predicted molar refractivity (Wildman–Crippen MR) is 122 cm³/mol. The summed E-state index contributed by atoms with van der Waals surface area (Å²) in [6.45, 7) is 4.18. The Kier molecular flexibility index (Phi) is 10.7. The van der Waals surface area contributed by atoms with E-state index < -0.39 is 35.7 Å². The van der Waals surface area contributed by atoms with E-state index in [-0.39, 0.29) is 28.1 Å². The number of nitrogens with two attached hydrogens (primary N) is 1. The van der Waals surface area contributed by atoms with Crippen LogP contribution < -0.4 is 21.1 Å². The zero-order valence-electron chi connectivity index (χ0n) is 18.0. The standard InChI is InChI=1S/C20H26ClF2N5O4S/c1-2-28(7-8-29)6-4-3-5-25-20(31)26-19-16(17(24)30)18(27-33-19)32-11-13-14(22)9-12(21)10-15(13)23/h9-10,29H,2-8,11H2,1H3,(H2,24,30)(H2,25,26,31). The van der Waals surface area contributed by atoms with E-state index in [1.807, 2.05) is 6.92 Å². The molecule has 1 heterocycles. The number of primary amides is 1. The number of urea groups is 1. The highest BCUT2D eigenvalue weighted by molar-refractivity contribution is 7.11. The fraction of sp³-hybridized carbons (Fsp3) is 0.450. The van der Waals surface area contributed by atoms with Gasteiger partial charge in [-0.1, -0.05) is 18.5 Å². The van der Waals surface area contributed by atoms with E-state index in [0.29, 0.717) is 19.5 Å². The topological polar surface area (TPSA) is 130 Å². The Labute approximate surface area is 199 Å². The lowest BCUT2D eigenvalue weighted by Crippen LogP contribution is -2.31. The quantitative estimate of drug-likeness (QED) is 0.310. The molecule has 1 aromatic carbocycles. The van der Waals surface area contributed by atoms with Gasteiger partial charge < -0.3 is 25.8 Å². The number of aliphatic hydroxyl groups excluding tert-OH is 1. The molecule has 0 aliphatic heterocycles. The van der Waals surface area contributed by atoms with Gasteiger partial charge in [0.2, 0.25) is 5.88 Å². The smallest absolute Gasteiger partial charge is 0.319 e. The molecule has 0 saturated heterocycles. The molecule has 0 radical (unpaired) electrons. The summed E-state index contributed by atoms with van der Waals surface area (Å²) in [6, 6.07) is 1.30. The predicted octanol–water partition coefficient (Wildman–Crippen LogP) is 2.97. The van der Waals surface area contributed by atoms with Crippen LogP contribution >= 0.6 is 23.1 Å². The van der Waals surface area contributed by atoms with E-state index in [2.05, 4.69) is 19.9 Å². The number of benzene rings is 1. The van der Waals surface area contributed by atoms with Gasteiger partial charge in [0.25, 0.3) is 5.91 Å². The lowest BCUT2D eigenvalue weighted by molar-refractivity contribution is 0.0996. The highest BCUT2D eigenvalue weighted by Gasteiger charge is 2.23. The molecule has 2 rings (SSSR count). The van der Waals surface area contributed by atoms with Crippen molar-refractivity contribution in [1.29, 1.82) is 0 Å². The molecule has 1 aromatic heterocycles. The maximum absolute atomic E-state index is 13.9. The summed E-state index contributed by atoms with van der Waals surface area (Å²) in [6.07, 6.45) is 1.55. The summed E-state index contributed by atoms with van der Waals surface area (Å²) >= 11 is 6.34. The first kappa shape index (κ1) is 26.7. The van der Waals surface area contributed by atoms with Crippen LogP contribution in [0.25, 0.3) is 0 Å². The fourth-order valence-corrected chi connectivity index (χ4v) is 3.83. The normalized spacial score (nSPS) is 11.0. The van der Waals surface area contributed by atoms with Crippen LogP contribution in [0.3, 0.4) is 0 Å². The first-order valence-electron chi connectivity index (χ1n) is 10.2. The van der Waals surface area contributed by atoms with Gasteiger partial charge in [0.05, 0.1) is 12.2 Å². The number of aromatic nitrogens is 1. The van der Waals surface area contributed by atoms with E-state index in [9.17, 15) is 18.4 Å². The number of anilines is 1. The van der Waals surface area contributed by atoms with Gasteiger partial charge in [-0.2, -0.15) is 4.37 Å². The van der Waals surface area contributed by atoms with Gasteiger partial charge >= 0.3 is 6.03 Å². The average molecular weight is 506 g/mol. The van der Waals surface area contributed by atoms with Gasteiger partial charge in [-0.05, 0) is 49.6 Å². The summed E-state index contributed by atoms with van der Waals surface area (Å²) in [7, 11) is 0. The minimum atomic E-state index is -0.922. The number of hydrogen-bond acceptors (Lipinski definition) is 7. The number of nitrogens with one attached hydrogen (secondary N) is 2. The molecule has 0 atom stereocenters. The zero-order valence-corrected chi connectivity index (χ0v) is 19.6. The van der Waals surface area contributed by atoms with E-state index >= 15 is 0 Å². The molecule has 0 spiro atoms. The van der Waals surface area contributed by atoms with Gasteiger partial charge in [-0.25, -0.2) is 13.6 Å². The fourth-order valence-electron chi connectivity index (χ4n) is 2.91. The highest BCUT2D eigenvalue weighted by atomic mass is 35.5. The minimum absolute atomic E-state index is 0.0483. The van der Waals surface area contributed by atoms with E-state index in [4.69, 9.17) is 27.2 Å². The number of aliphatic hydroxyl groups is 1. The highest BCUT2D eigenvalue weighted by Crippen LogP contribution is 2.31. The van der Waals surface area contributed by atoms with Gasteiger partial charge in [0.1, 0.15) is 28.8 Å². The SMILES string of the molecule is CCN(CCO)CCCCNC(=O)Nc1snc(OCc2c(F)cc(Cl)cc2F)c1C(N)=O. The summed E-state index contributed by atoms with van der Waals surface area (Å²) < 4.78 is 37.1. The molecule has 13 heteroatoms. The molecule has 0 bridgehead atoms. The number of ether oxygens (including phenoxy) is 1. The molecule has 3 amide bonds. The zero-order chi connectivity index (χ0) is 24.4. The number of amides is 3. The third kappa shape index (κ3) is 8.07. The second-order valence-corrected chi connectivity index (χ2v) is 8.15. The van der Waals surface area contributed by atoms with Crippen LogP contribution in [-0.4, -0.2) is 59.1 Å². The first-order chi connectivity index (χ1) is 15.8. The first-order valence-corrected chi connectivity index (χ1v) is 11.4. The number of carbonyl (C=O) groups is 2. The van der Waals surface area contributed by atoms with E-state index in [1.54, 1.807) is 0 Å². The molecule has 9 nitrogen and oxygen atoms in total. The van der Waals surface area contributed by atoms with Crippen LogP contribution in [0.15, 0.2) is 12.1 Å². The Bertz CT molecular complexity index is 940. The van der Waals surface area contributed by atoms with Crippen molar-refractivity contribution in [2.45, 2.75) is 26.4 Å². The molecule has 5 N–H and O–H groups in total. The van der Waals surface area contributed by atoms with Crippen LogP contribution in [0.2, 0.25) is 5.02 Å². The van der Waals surface area contributed by atoms with Gasteiger partial charge in [-0.15, -0.1) is 0 Å². The Morgan fingerprint density at radius 3 is 2.58 bits per heavy atom. The molecular formula is C20H26ClF2N5O4S. The molecule has 182 valence electrons. The number of halogens is 3. The third-order valence-electron chi connectivity index (χ3n) is 4.64. The lowest BCUT2D eigenvalue weighted by Gasteiger charge is -2.18. The molecule has 0 saturated carbocycles. The van der Waals surface area contributed by atoms with E-state index in [0.717, 1.165) is 43.2 Å². The summed E-state index contributed by atoms with van der Waals surface area (Å²) in [5.74, 6) is -2.99. The van der Waals surface area contributed by atoms with Crippen molar-refractivity contribution in [3.8, 4) is 5.88 Å². The maximum Gasteiger partial charge on any atom is 0.319 e. The Hall–Kier alpha value is -2.54. The average Bonchev–Trinajstić information content (AvgIpc) is 3.14. The summed E-state index contributed by atoms with van der Waals surface area (Å²) in [4.78, 5) is 26.1. The van der Waals surface area contributed by atoms with Crippen molar-refractivity contribution in [2.24, 2.45) is 5.73 Å². The van der Waals surface area contributed by atoms with Crippen molar-refractivity contribution in [1.82, 2.24) is 14.6 Å². The maximum atomic E-state index is 13.9. The van der Waals surface area contributed by atoms with Crippen molar-refractivity contribution in [3.05, 3.63) is 39.9 Å². The molecule has 2 aromatic rings. The Balaban J connectivity index is 1.91. The van der Waals surface area contributed by atoms with Gasteiger partial charge in [0, 0.05) is 18.1 Å². The third-order valence-corrected chi connectivity index (χ3v) is 5.61. The molecule has 0 aliphatic carbocycles. The van der Waals surface area contributed by atoms with Crippen LogP contribution in [0.4, 0.5) is 18.6 Å². The molecular weight excluding hydrogens is 480 g/mol. The van der Waals surface area contributed by atoms with Crippen molar-refractivity contribution < 1.29 is 28.2 Å².